The lowest BCUT2D eigenvalue weighted by Crippen LogP contribution is -2.11. The van der Waals surface area contributed by atoms with Crippen LogP contribution in [0.1, 0.15) is 28.8 Å². The van der Waals surface area contributed by atoms with Crippen LogP contribution in [0.4, 0.5) is 16.2 Å². The summed E-state index contributed by atoms with van der Waals surface area (Å²) in [6.45, 7) is 0. The van der Waals surface area contributed by atoms with E-state index in [-0.39, 0.29) is 5.91 Å². The molecule has 3 rings (SSSR count). The van der Waals surface area contributed by atoms with Gasteiger partial charge in [-0.1, -0.05) is 36.4 Å². The van der Waals surface area contributed by atoms with Crippen LogP contribution < -0.4 is 10.6 Å². The van der Waals surface area contributed by atoms with Crippen molar-refractivity contribution < 1.29 is 19.5 Å². The summed E-state index contributed by atoms with van der Waals surface area (Å²) in [6, 6.07) is 21.8. The molecule has 0 saturated carbocycles. The maximum atomic E-state index is 12.2. The Labute approximate surface area is 174 Å². The van der Waals surface area contributed by atoms with Crippen LogP contribution in [0.15, 0.2) is 72.8 Å². The standard InChI is InChI=1S/C24H22N2O4/c27-16-18-9-12-20(13-10-18)25-23(28)8-4-5-17-11-14-22(26-24(29)30)21(15-17)19-6-2-1-3-7-19/h1-3,6-7,9-16,26H,4-5,8H2,(H,25,28)(H,29,30). The lowest BCUT2D eigenvalue weighted by Gasteiger charge is -2.12. The topological polar surface area (TPSA) is 95.5 Å². The lowest BCUT2D eigenvalue weighted by molar-refractivity contribution is -0.116. The molecule has 2 amide bonds. The Bertz CT molecular complexity index is 1030. The summed E-state index contributed by atoms with van der Waals surface area (Å²) in [6.07, 6.45) is 1.33. The number of aldehydes is 1. The minimum absolute atomic E-state index is 0.0960. The van der Waals surface area contributed by atoms with Gasteiger partial charge in [0.15, 0.2) is 0 Å². The van der Waals surface area contributed by atoms with Crippen LogP contribution in [0.5, 0.6) is 0 Å². The van der Waals surface area contributed by atoms with E-state index in [9.17, 15) is 14.4 Å². The average Bonchev–Trinajstić information content (AvgIpc) is 2.75. The molecule has 0 bridgehead atoms. The zero-order chi connectivity index (χ0) is 21.3. The van der Waals surface area contributed by atoms with Crippen molar-refractivity contribution in [3.05, 3.63) is 83.9 Å². The van der Waals surface area contributed by atoms with Crippen LogP contribution in [0, 0.1) is 0 Å². The van der Waals surface area contributed by atoms with Gasteiger partial charge in [-0.2, -0.15) is 0 Å². The highest BCUT2D eigenvalue weighted by Crippen LogP contribution is 2.29. The van der Waals surface area contributed by atoms with Gasteiger partial charge in [0, 0.05) is 23.2 Å². The van der Waals surface area contributed by atoms with Crippen molar-refractivity contribution in [2.45, 2.75) is 19.3 Å². The molecule has 6 heteroatoms. The van der Waals surface area contributed by atoms with E-state index in [1.807, 2.05) is 42.5 Å². The summed E-state index contributed by atoms with van der Waals surface area (Å²) in [5.74, 6) is -0.0960. The van der Waals surface area contributed by atoms with Crippen molar-refractivity contribution in [3.8, 4) is 11.1 Å². The molecule has 0 atom stereocenters. The molecule has 0 spiro atoms. The number of nitrogens with one attached hydrogen (secondary N) is 2. The predicted molar refractivity (Wildman–Crippen MR) is 117 cm³/mol. The number of rotatable bonds is 8. The highest BCUT2D eigenvalue weighted by atomic mass is 16.4. The van der Waals surface area contributed by atoms with E-state index in [2.05, 4.69) is 10.6 Å². The van der Waals surface area contributed by atoms with Crippen LogP contribution in [-0.4, -0.2) is 23.4 Å². The van der Waals surface area contributed by atoms with Crippen molar-refractivity contribution in [1.29, 1.82) is 0 Å². The molecule has 0 aromatic heterocycles. The van der Waals surface area contributed by atoms with Crippen molar-refractivity contribution >= 4 is 29.7 Å². The first kappa shape index (κ1) is 20.8. The van der Waals surface area contributed by atoms with E-state index in [1.165, 1.54) is 0 Å². The SMILES string of the molecule is O=Cc1ccc(NC(=O)CCCc2ccc(NC(=O)O)c(-c3ccccc3)c2)cc1. The highest BCUT2D eigenvalue weighted by molar-refractivity contribution is 5.91. The van der Waals surface area contributed by atoms with Crippen molar-refractivity contribution in [2.75, 3.05) is 10.6 Å². The zero-order valence-electron chi connectivity index (χ0n) is 16.3. The minimum atomic E-state index is -1.11. The normalized spacial score (nSPS) is 10.3. The molecular formula is C24H22N2O4. The third kappa shape index (κ3) is 5.78. The second-order valence-corrected chi connectivity index (χ2v) is 6.82. The van der Waals surface area contributed by atoms with Gasteiger partial charge in [-0.05, 0) is 60.4 Å². The summed E-state index contributed by atoms with van der Waals surface area (Å²) in [4.78, 5) is 33.9. The number of carbonyl (C=O) groups excluding carboxylic acids is 2. The Morgan fingerprint density at radius 1 is 0.900 bits per heavy atom. The summed E-state index contributed by atoms with van der Waals surface area (Å²) in [7, 11) is 0. The third-order valence-electron chi connectivity index (χ3n) is 4.61. The first-order valence-corrected chi connectivity index (χ1v) is 9.58. The molecule has 6 nitrogen and oxygen atoms in total. The first-order chi connectivity index (χ1) is 14.5. The van der Waals surface area contributed by atoms with E-state index in [0.717, 1.165) is 23.0 Å². The highest BCUT2D eigenvalue weighted by Gasteiger charge is 2.10. The molecule has 0 fully saturated rings. The number of carbonyl (C=O) groups is 3. The molecular weight excluding hydrogens is 380 g/mol. The summed E-state index contributed by atoms with van der Waals surface area (Å²) in [5, 5.41) is 14.3. The fraction of sp³-hybridized carbons (Fsp3) is 0.125. The zero-order valence-corrected chi connectivity index (χ0v) is 16.3. The molecule has 3 aromatic carbocycles. The molecule has 0 saturated heterocycles. The molecule has 0 radical (unpaired) electrons. The Morgan fingerprint density at radius 3 is 2.30 bits per heavy atom. The molecule has 0 unspecified atom stereocenters. The van der Waals surface area contributed by atoms with Crippen LogP contribution in [0.25, 0.3) is 11.1 Å². The number of aryl methyl sites for hydroxylation is 1. The summed E-state index contributed by atoms with van der Waals surface area (Å²) < 4.78 is 0. The van der Waals surface area contributed by atoms with E-state index in [4.69, 9.17) is 5.11 Å². The fourth-order valence-electron chi connectivity index (χ4n) is 3.15. The third-order valence-corrected chi connectivity index (χ3v) is 4.61. The van der Waals surface area contributed by atoms with Gasteiger partial charge in [-0.15, -0.1) is 0 Å². The molecule has 3 aromatic rings. The quantitative estimate of drug-likeness (QED) is 0.450. The Kier molecular flexibility index (Phi) is 6.95. The predicted octanol–water partition coefficient (Wildman–Crippen LogP) is 5.22. The van der Waals surface area contributed by atoms with Gasteiger partial charge in [0.05, 0.1) is 5.69 Å². The number of hydrogen-bond acceptors (Lipinski definition) is 3. The van der Waals surface area contributed by atoms with Crippen LogP contribution in [-0.2, 0) is 11.2 Å². The fourth-order valence-corrected chi connectivity index (χ4v) is 3.15. The molecule has 30 heavy (non-hydrogen) atoms. The second-order valence-electron chi connectivity index (χ2n) is 6.82. The van der Waals surface area contributed by atoms with Crippen LogP contribution in [0.2, 0.25) is 0 Å². The Balaban J connectivity index is 1.62. The minimum Gasteiger partial charge on any atom is -0.465 e. The van der Waals surface area contributed by atoms with Gasteiger partial charge < -0.3 is 10.4 Å². The van der Waals surface area contributed by atoms with E-state index < -0.39 is 6.09 Å². The molecule has 0 aliphatic carbocycles. The Hall–Kier alpha value is -3.93. The smallest absolute Gasteiger partial charge is 0.409 e. The average molecular weight is 402 g/mol. The number of anilines is 2. The lowest BCUT2D eigenvalue weighted by atomic mass is 9.98. The molecule has 3 N–H and O–H groups in total. The summed E-state index contributed by atoms with van der Waals surface area (Å²) in [5.41, 5.74) is 4.47. The van der Waals surface area contributed by atoms with E-state index >= 15 is 0 Å². The first-order valence-electron chi connectivity index (χ1n) is 9.58. The van der Waals surface area contributed by atoms with Gasteiger partial charge >= 0.3 is 6.09 Å². The second kappa shape index (κ2) is 10.0. The molecule has 0 aliphatic heterocycles. The van der Waals surface area contributed by atoms with Crippen molar-refractivity contribution in [1.82, 2.24) is 0 Å². The van der Waals surface area contributed by atoms with Crippen LogP contribution in [0.3, 0.4) is 0 Å². The van der Waals surface area contributed by atoms with Gasteiger partial charge in [0.1, 0.15) is 6.29 Å². The van der Waals surface area contributed by atoms with Gasteiger partial charge in [0.2, 0.25) is 5.91 Å². The maximum Gasteiger partial charge on any atom is 0.409 e. The van der Waals surface area contributed by atoms with Gasteiger partial charge in [-0.25, -0.2) is 4.79 Å². The Morgan fingerprint density at radius 2 is 1.63 bits per heavy atom. The van der Waals surface area contributed by atoms with Gasteiger partial charge in [-0.3, -0.25) is 14.9 Å². The number of carboxylic acid groups (broad SMARTS) is 1. The number of benzene rings is 3. The largest absolute Gasteiger partial charge is 0.465 e. The molecule has 0 heterocycles. The van der Waals surface area contributed by atoms with E-state index in [0.29, 0.717) is 36.2 Å². The summed E-state index contributed by atoms with van der Waals surface area (Å²) >= 11 is 0. The van der Waals surface area contributed by atoms with Crippen molar-refractivity contribution in [2.24, 2.45) is 0 Å². The van der Waals surface area contributed by atoms with Crippen molar-refractivity contribution in [3.63, 3.8) is 0 Å². The molecule has 0 aliphatic rings. The number of hydrogen-bond donors (Lipinski definition) is 3. The monoisotopic (exact) mass is 402 g/mol. The molecule has 152 valence electrons. The maximum absolute atomic E-state index is 12.2. The number of amides is 2. The van der Waals surface area contributed by atoms with E-state index in [1.54, 1.807) is 30.3 Å². The van der Waals surface area contributed by atoms with Crippen LogP contribution >= 0.6 is 0 Å². The van der Waals surface area contributed by atoms with Gasteiger partial charge in [0.25, 0.3) is 0 Å².